The molecule has 0 heterocycles. The van der Waals surface area contributed by atoms with Gasteiger partial charge in [0.15, 0.2) is 0 Å². The molecule has 0 saturated heterocycles. The molecule has 1 aromatic carbocycles. The minimum Gasteiger partial charge on any atom is -0.372 e. The molecule has 0 bridgehead atoms. The van der Waals surface area contributed by atoms with Crippen molar-refractivity contribution in [2.45, 2.75) is 38.8 Å². The normalized spacial score (nSPS) is 17.1. The van der Waals surface area contributed by atoms with Crippen molar-refractivity contribution in [1.82, 2.24) is 5.32 Å². The van der Waals surface area contributed by atoms with Gasteiger partial charge in [-0.3, -0.25) is 0 Å². The second-order valence-electron chi connectivity index (χ2n) is 5.38. The van der Waals surface area contributed by atoms with E-state index in [9.17, 15) is 4.39 Å². The number of benzene rings is 1. The largest absolute Gasteiger partial charge is 0.372 e. The zero-order valence-electron chi connectivity index (χ0n) is 11.2. The molecule has 0 radical (unpaired) electrons. The number of rotatable bonds is 7. The summed E-state index contributed by atoms with van der Waals surface area (Å²) in [5.74, 6) is 0.545. The highest BCUT2D eigenvalue weighted by Gasteiger charge is 2.23. The Morgan fingerprint density at radius 2 is 1.94 bits per heavy atom. The van der Waals surface area contributed by atoms with Crippen LogP contribution in [-0.2, 0) is 4.74 Å². The molecule has 0 aromatic heterocycles. The summed E-state index contributed by atoms with van der Waals surface area (Å²) in [4.78, 5) is 0. The third-order valence-electron chi connectivity index (χ3n) is 3.18. The fourth-order valence-corrected chi connectivity index (χ4v) is 1.83. The van der Waals surface area contributed by atoms with E-state index in [-0.39, 0.29) is 11.9 Å². The van der Waals surface area contributed by atoms with Crippen LogP contribution in [-0.4, -0.2) is 19.2 Å². The number of halogens is 1. The van der Waals surface area contributed by atoms with E-state index in [1.807, 2.05) is 12.1 Å². The van der Waals surface area contributed by atoms with Crippen LogP contribution < -0.4 is 5.32 Å². The van der Waals surface area contributed by atoms with Gasteiger partial charge in [0.25, 0.3) is 0 Å². The van der Waals surface area contributed by atoms with Crippen LogP contribution in [0.3, 0.4) is 0 Å². The maximum atomic E-state index is 12.9. The maximum absolute atomic E-state index is 12.9. The number of ether oxygens (including phenoxy) is 1. The quantitative estimate of drug-likeness (QED) is 0.803. The maximum Gasteiger partial charge on any atom is 0.123 e. The van der Waals surface area contributed by atoms with Crippen molar-refractivity contribution in [2.75, 3.05) is 13.2 Å². The number of nitrogens with one attached hydrogen (secondary N) is 1. The van der Waals surface area contributed by atoms with Crippen molar-refractivity contribution < 1.29 is 9.13 Å². The molecule has 0 aliphatic heterocycles. The molecule has 1 fully saturated rings. The average molecular weight is 251 g/mol. The molecule has 1 aliphatic rings. The molecule has 100 valence electrons. The zero-order chi connectivity index (χ0) is 13.0. The molecule has 1 N–H and O–H groups in total. The van der Waals surface area contributed by atoms with Crippen LogP contribution in [0, 0.1) is 11.7 Å². The second-order valence-corrected chi connectivity index (χ2v) is 5.38. The fourth-order valence-electron chi connectivity index (χ4n) is 1.83. The van der Waals surface area contributed by atoms with Crippen LogP contribution in [0.4, 0.5) is 4.39 Å². The lowest BCUT2D eigenvalue weighted by Crippen LogP contribution is -2.29. The summed E-state index contributed by atoms with van der Waals surface area (Å²) in [7, 11) is 0. The van der Waals surface area contributed by atoms with E-state index < -0.39 is 0 Å². The Bertz CT molecular complexity index is 353. The SMILES string of the molecule is CC(C)NCC(OCC1CC1)c1ccc(F)cc1. The van der Waals surface area contributed by atoms with Crippen molar-refractivity contribution in [3.05, 3.63) is 35.6 Å². The van der Waals surface area contributed by atoms with Crippen molar-refractivity contribution in [3.63, 3.8) is 0 Å². The van der Waals surface area contributed by atoms with E-state index in [1.165, 1.54) is 25.0 Å². The minimum absolute atomic E-state index is 0.0219. The van der Waals surface area contributed by atoms with Gasteiger partial charge < -0.3 is 10.1 Å². The molecule has 1 aromatic rings. The predicted octanol–water partition coefficient (Wildman–Crippen LogP) is 3.29. The summed E-state index contributed by atoms with van der Waals surface area (Å²) >= 11 is 0. The van der Waals surface area contributed by atoms with E-state index in [0.717, 1.165) is 24.6 Å². The molecule has 2 nitrogen and oxygen atoms in total. The fraction of sp³-hybridized carbons (Fsp3) is 0.600. The van der Waals surface area contributed by atoms with Gasteiger partial charge in [0.05, 0.1) is 12.7 Å². The second kappa shape index (κ2) is 6.30. The molecular formula is C15H22FNO. The van der Waals surface area contributed by atoms with Gasteiger partial charge in [0.1, 0.15) is 5.82 Å². The van der Waals surface area contributed by atoms with Crippen molar-refractivity contribution in [2.24, 2.45) is 5.92 Å². The van der Waals surface area contributed by atoms with Gasteiger partial charge >= 0.3 is 0 Å². The Morgan fingerprint density at radius 3 is 2.50 bits per heavy atom. The Morgan fingerprint density at radius 1 is 1.28 bits per heavy atom. The highest BCUT2D eigenvalue weighted by Crippen LogP contribution is 2.31. The lowest BCUT2D eigenvalue weighted by atomic mass is 10.1. The van der Waals surface area contributed by atoms with Gasteiger partial charge in [0.2, 0.25) is 0 Å². The Balaban J connectivity index is 1.94. The van der Waals surface area contributed by atoms with Crippen LogP contribution >= 0.6 is 0 Å². The first kappa shape index (κ1) is 13.5. The topological polar surface area (TPSA) is 21.3 Å². The minimum atomic E-state index is -0.198. The monoisotopic (exact) mass is 251 g/mol. The molecule has 1 aliphatic carbocycles. The molecule has 0 spiro atoms. The number of hydrogen-bond acceptors (Lipinski definition) is 2. The van der Waals surface area contributed by atoms with E-state index in [4.69, 9.17) is 4.74 Å². The van der Waals surface area contributed by atoms with E-state index in [2.05, 4.69) is 19.2 Å². The van der Waals surface area contributed by atoms with Gasteiger partial charge in [-0.1, -0.05) is 26.0 Å². The van der Waals surface area contributed by atoms with Gasteiger partial charge in [0, 0.05) is 12.6 Å². The van der Waals surface area contributed by atoms with Crippen molar-refractivity contribution in [3.8, 4) is 0 Å². The van der Waals surface area contributed by atoms with Crippen LogP contribution in [0.1, 0.15) is 38.4 Å². The summed E-state index contributed by atoms with van der Waals surface area (Å²) in [5, 5.41) is 3.38. The van der Waals surface area contributed by atoms with Crippen LogP contribution in [0.25, 0.3) is 0 Å². The predicted molar refractivity (Wildman–Crippen MR) is 71.0 cm³/mol. The highest BCUT2D eigenvalue weighted by atomic mass is 19.1. The van der Waals surface area contributed by atoms with Crippen molar-refractivity contribution >= 4 is 0 Å². The first-order chi connectivity index (χ1) is 8.65. The molecule has 1 atom stereocenters. The molecule has 3 heteroatoms. The summed E-state index contributed by atoms with van der Waals surface area (Å²) < 4.78 is 18.9. The first-order valence-corrected chi connectivity index (χ1v) is 6.75. The standard InChI is InChI=1S/C15H22FNO/c1-11(2)17-9-15(18-10-12-3-4-12)13-5-7-14(16)8-6-13/h5-8,11-12,15,17H,3-4,9-10H2,1-2H3. The highest BCUT2D eigenvalue weighted by molar-refractivity contribution is 5.19. The lowest BCUT2D eigenvalue weighted by molar-refractivity contribution is 0.0440. The zero-order valence-corrected chi connectivity index (χ0v) is 11.2. The Kier molecular flexibility index (Phi) is 4.72. The third kappa shape index (κ3) is 4.39. The van der Waals surface area contributed by atoms with Crippen LogP contribution in [0.2, 0.25) is 0 Å². The molecule has 1 saturated carbocycles. The van der Waals surface area contributed by atoms with Gasteiger partial charge in [-0.2, -0.15) is 0 Å². The summed E-state index contributed by atoms with van der Waals surface area (Å²) in [5.41, 5.74) is 1.05. The molecule has 18 heavy (non-hydrogen) atoms. The van der Waals surface area contributed by atoms with Crippen LogP contribution in [0.15, 0.2) is 24.3 Å². The third-order valence-corrected chi connectivity index (χ3v) is 3.18. The summed E-state index contributed by atoms with van der Waals surface area (Å²) in [6, 6.07) is 7.05. The van der Waals surface area contributed by atoms with E-state index in [0.29, 0.717) is 6.04 Å². The average Bonchev–Trinajstić information content (AvgIpc) is 3.14. The van der Waals surface area contributed by atoms with E-state index in [1.54, 1.807) is 0 Å². The molecule has 2 rings (SSSR count). The first-order valence-electron chi connectivity index (χ1n) is 6.75. The van der Waals surface area contributed by atoms with Crippen molar-refractivity contribution in [1.29, 1.82) is 0 Å². The molecule has 0 amide bonds. The Labute approximate surface area is 109 Å². The van der Waals surface area contributed by atoms with E-state index >= 15 is 0 Å². The summed E-state index contributed by atoms with van der Waals surface area (Å²) in [6.07, 6.45) is 2.59. The van der Waals surface area contributed by atoms with Crippen LogP contribution in [0.5, 0.6) is 0 Å². The summed E-state index contributed by atoms with van der Waals surface area (Å²) in [6.45, 7) is 5.82. The molecular weight excluding hydrogens is 229 g/mol. The lowest BCUT2D eigenvalue weighted by Gasteiger charge is -2.20. The smallest absolute Gasteiger partial charge is 0.123 e. The Hall–Kier alpha value is -0.930. The molecule has 1 unspecified atom stereocenters. The van der Waals surface area contributed by atoms with Gasteiger partial charge in [-0.05, 0) is 36.5 Å². The van der Waals surface area contributed by atoms with Gasteiger partial charge in [-0.25, -0.2) is 4.39 Å². The van der Waals surface area contributed by atoms with Gasteiger partial charge in [-0.15, -0.1) is 0 Å². The number of hydrogen-bond donors (Lipinski definition) is 1.